The number of aromatic amines is 1. The van der Waals surface area contributed by atoms with E-state index in [1.54, 1.807) is 6.20 Å². The van der Waals surface area contributed by atoms with Crippen LogP contribution in [-0.4, -0.2) is 49.8 Å². The fourth-order valence-electron chi connectivity index (χ4n) is 5.38. The van der Waals surface area contributed by atoms with Crippen LogP contribution in [0.3, 0.4) is 0 Å². The fraction of sp³-hybridized carbons (Fsp3) is 0.296. The van der Waals surface area contributed by atoms with Crippen molar-refractivity contribution in [1.29, 1.82) is 0 Å². The predicted octanol–water partition coefficient (Wildman–Crippen LogP) is 3.87. The lowest BCUT2D eigenvalue weighted by atomic mass is 9.94. The Morgan fingerprint density at radius 3 is 2.60 bits per heavy atom. The molecule has 3 heterocycles. The average molecular weight is 468 g/mol. The third-order valence-electron chi connectivity index (χ3n) is 7.01. The number of aryl methyl sites for hydroxylation is 1. The van der Waals surface area contributed by atoms with Gasteiger partial charge in [0.1, 0.15) is 11.6 Å². The van der Waals surface area contributed by atoms with Crippen LogP contribution in [0.4, 0.5) is 10.6 Å². The zero-order chi connectivity index (χ0) is 23.6. The quantitative estimate of drug-likeness (QED) is 0.401. The summed E-state index contributed by atoms with van der Waals surface area (Å²) >= 11 is 0. The van der Waals surface area contributed by atoms with Gasteiger partial charge in [-0.1, -0.05) is 48.5 Å². The van der Waals surface area contributed by atoms with Crippen molar-refractivity contribution in [3.8, 4) is 5.69 Å². The number of likely N-dealkylation sites (tertiary alicyclic amines) is 1. The predicted molar refractivity (Wildman–Crippen MR) is 135 cm³/mol. The van der Waals surface area contributed by atoms with E-state index in [-0.39, 0.29) is 18.0 Å². The van der Waals surface area contributed by atoms with Gasteiger partial charge in [0.25, 0.3) is 0 Å². The van der Waals surface area contributed by atoms with Crippen molar-refractivity contribution in [2.45, 2.75) is 37.8 Å². The minimum Gasteiger partial charge on any atom is -0.348 e. The van der Waals surface area contributed by atoms with Crippen molar-refractivity contribution in [2.75, 3.05) is 18.4 Å². The van der Waals surface area contributed by atoms with E-state index >= 15 is 0 Å². The molecule has 0 unspecified atom stereocenters. The molecular weight excluding hydrogens is 438 g/mol. The monoisotopic (exact) mass is 467 g/mol. The summed E-state index contributed by atoms with van der Waals surface area (Å²) in [7, 11) is 0. The van der Waals surface area contributed by atoms with E-state index in [9.17, 15) is 4.79 Å². The maximum absolute atomic E-state index is 13.3. The molecule has 2 aromatic heterocycles. The summed E-state index contributed by atoms with van der Waals surface area (Å²) in [4.78, 5) is 23.3. The maximum Gasteiger partial charge on any atom is 0.320 e. The van der Waals surface area contributed by atoms with Crippen LogP contribution in [-0.2, 0) is 19.4 Å². The number of urea groups is 1. The van der Waals surface area contributed by atoms with Gasteiger partial charge in [0.2, 0.25) is 0 Å². The van der Waals surface area contributed by atoms with Gasteiger partial charge in [-0.05, 0) is 37.0 Å². The first-order chi connectivity index (χ1) is 17.2. The number of aromatic nitrogens is 4. The number of fused-ring (bicyclic) bond motifs is 1. The highest BCUT2D eigenvalue weighted by atomic mass is 16.2. The highest BCUT2D eigenvalue weighted by molar-refractivity contribution is 5.90. The van der Waals surface area contributed by atoms with Crippen LogP contribution in [0.2, 0.25) is 0 Å². The highest BCUT2D eigenvalue weighted by Crippen LogP contribution is 2.32. The minimum atomic E-state index is -0.192. The number of carbonyl (C=O) groups excluding carboxylic acids is 1. The second-order valence-corrected chi connectivity index (χ2v) is 9.33. The second-order valence-electron chi connectivity index (χ2n) is 9.33. The molecule has 2 aliphatic rings. The molecule has 1 aliphatic carbocycles. The Morgan fingerprint density at radius 2 is 1.83 bits per heavy atom. The van der Waals surface area contributed by atoms with Gasteiger partial charge in [-0.15, -0.1) is 0 Å². The third-order valence-corrected chi connectivity index (χ3v) is 7.01. The van der Waals surface area contributed by atoms with E-state index in [2.05, 4.69) is 49.8 Å². The Balaban J connectivity index is 1.22. The molecule has 1 fully saturated rings. The van der Waals surface area contributed by atoms with Gasteiger partial charge < -0.3 is 10.3 Å². The fourth-order valence-corrected chi connectivity index (χ4v) is 5.38. The number of hydrogen-bond donors (Lipinski definition) is 3. The number of benzene rings is 2. The normalized spacial score (nSPS) is 19.5. The zero-order valence-electron chi connectivity index (χ0n) is 19.5. The maximum atomic E-state index is 13.3. The van der Waals surface area contributed by atoms with Gasteiger partial charge in [0.15, 0.2) is 0 Å². The Kier molecular flexibility index (Phi) is 5.79. The number of rotatable bonds is 6. The summed E-state index contributed by atoms with van der Waals surface area (Å²) in [5.41, 5.74) is 4.41. The van der Waals surface area contributed by atoms with Crippen molar-refractivity contribution >= 4 is 11.8 Å². The molecule has 0 saturated carbocycles. The Labute approximate surface area is 204 Å². The molecule has 3 N–H and O–H groups in total. The SMILES string of the molecule is O=C(Nc1c2c(nn1-c1ccccc1)CCC2)N[C@@H]1CN(Cc2ncc[nH]2)C[C@H]1c1ccccc1. The number of para-hydroxylation sites is 1. The van der Waals surface area contributed by atoms with Gasteiger partial charge in [0, 0.05) is 37.0 Å². The molecule has 8 nitrogen and oxygen atoms in total. The topological polar surface area (TPSA) is 90.9 Å². The van der Waals surface area contributed by atoms with Gasteiger partial charge in [-0.3, -0.25) is 10.2 Å². The van der Waals surface area contributed by atoms with E-state index in [4.69, 9.17) is 5.10 Å². The first kappa shape index (κ1) is 21.6. The van der Waals surface area contributed by atoms with E-state index < -0.39 is 0 Å². The average Bonchev–Trinajstić information content (AvgIpc) is 3.67. The Bertz CT molecular complexity index is 1280. The zero-order valence-corrected chi connectivity index (χ0v) is 19.5. The minimum absolute atomic E-state index is 0.0199. The Hall–Kier alpha value is -3.91. The van der Waals surface area contributed by atoms with E-state index in [0.29, 0.717) is 0 Å². The van der Waals surface area contributed by atoms with E-state index in [1.165, 1.54) is 5.56 Å². The first-order valence-electron chi connectivity index (χ1n) is 12.2. The van der Waals surface area contributed by atoms with E-state index in [0.717, 1.165) is 67.5 Å². The molecule has 0 radical (unpaired) electrons. The van der Waals surface area contributed by atoms with Crippen LogP contribution in [0.25, 0.3) is 5.69 Å². The number of carbonyl (C=O) groups is 1. The van der Waals surface area contributed by atoms with Crippen molar-refractivity contribution in [2.24, 2.45) is 0 Å². The number of H-pyrrole nitrogens is 1. The van der Waals surface area contributed by atoms with Gasteiger partial charge in [0.05, 0.1) is 24.0 Å². The second kappa shape index (κ2) is 9.38. The molecule has 178 valence electrons. The first-order valence-corrected chi connectivity index (χ1v) is 12.2. The van der Waals surface area contributed by atoms with Crippen LogP contribution < -0.4 is 10.6 Å². The standard InChI is InChI=1S/C27H29N7O/c35-27(31-26-21-12-7-13-23(21)32-34(26)20-10-5-2-6-11-20)30-24-17-33(18-25-28-14-15-29-25)16-22(24)19-8-3-1-4-9-19/h1-6,8-11,14-15,22,24H,7,12-13,16-18H2,(H,28,29)(H2,30,31,35)/t22-,24+/m0/s1. The van der Waals surface area contributed by atoms with Gasteiger partial charge >= 0.3 is 6.03 Å². The molecule has 1 aliphatic heterocycles. The van der Waals surface area contributed by atoms with Crippen LogP contribution in [0.15, 0.2) is 73.1 Å². The molecule has 4 aromatic rings. The van der Waals surface area contributed by atoms with Crippen LogP contribution >= 0.6 is 0 Å². The summed E-state index contributed by atoms with van der Waals surface area (Å²) in [6.07, 6.45) is 6.58. The molecule has 0 bridgehead atoms. The highest BCUT2D eigenvalue weighted by Gasteiger charge is 2.35. The van der Waals surface area contributed by atoms with Crippen molar-refractivity contribution in [1.82, 2.24) is 30.0 Å². The van der Waals surface area contributed by atoms with Crippen molar-refractivity contribution < 1.29 is 4.79 Å². The molecule has 2 aromatic carbocycles. The summed E-state index contributed by atoms with van der Waals surface area (Å²) in [6.45, 7) is 2.33. The number of anilines is 1. The molecule has 1 saturated heterocycles. The van der Waals surface area contributed by atoms with Crippen LogP contribution in [0.5, 0.6) is 0 Å². The number of nitrogens with one attached hydrogen (secondary N) is 3. The smallest absolute Gasteiger partial charge is 0.320 e. The number of hydrogen-bond acceptors (Lipinski definition) is 4. The summed E-state index contributed by atoms with van der Waals surface area (Å²) in [5.74, 6) is 1.91. The lowest BCUT2D eigenvalue weighted by Gasteiger charge is -2.21. The summed E-state index contributed by atoms with van der Waals surface area (Å²) in [5, 5.41) is 11.3. The third kappa shape index (κ3) is 4.44. The molecule has 0 spiro atoms. The molecule has 8 heteroatoms. The molecule has 6 rings (SSSR count). The molecular formula is C27H29N7O. The van der Waals surface area contributed by atoms with Gasteiger partial charge in [-0.25, -0.2) is 14.5 Å². The van der Waals surface area contributed by atoms with E-state index in [1.807, 2.05) is 47.3 Å². The number of imidazole rings is 1. The largest absolute Gasteiger partial charge is 0.348 e. The summed E-state index contributed by atoms with van der Waals surface area (Å²) in [6, 6.07) is 20.2. The van der Waals surface area contributed by atoms with Crippen molar-refractivity contribution in [3.63, 3.8) is 0 Å². The van der Waals surface area contributed by atoms with Crippen LogP contribution in [0.1, 0.15) is 35.0 Å². The number of amides is 2. The lowest BCUT2D eigenvalue weighted by Crippen LogP contribution is -2.42. The Morgan fingerprint density at radius 1 is 1.03 bits per heavy atom. The summed E-state index contributed by atoms with van der Waals surface area (Å²) < 4.78 is 1.87. The number of nitrogens with zero attached hydrogens (tertiary/aromatic N) is 4. The lowest BCUT2D eigenvalue weighted by molar-refractivity contribution is 0.246. The van der Waals surface area contributed by atoms with Crippen molar-refractivity contribution in [3.05, 3.63) is 95.7 Å². The van der Waals surface area contributed by atoms with Crippen LogP contribution in [0, 0.1) is 0 Å². The van der Waals surface area contributed by atoms with Gasteiger partial charge in [-0.2, -0.15) is 5.10 Å². The molecule has 2 atom stereocenters. The molecule has 2 amide bonds. The molecule has 35 heavy (non-hydrogen) atoms.